The number of nitrogens with zero attached hydrogens (tertiary/aromatic N) is 2. The van der Waals surface area contributed by atoms with E-state index in [0.29, 0.717) is 23.6 Å². The van der Waals surface area contributed by atoms with Crippen LogP contribution in [0.4, 0.5) is 0 Å². The van der Waals surface area contributed by atoms with Gasteiger partial charge in [-0.2, -0.15) is 5.10 Å². The van der Waals surface area contributed by atoms with Crippen molar-refractivity contribution in [3.05, 3.63) is 27.5 Å². The lowest BCUT2D eigenvalue weighted by Gasteiger charge is -2.06. The van der Waals surface area contributed by atoms with E-state index in [1.54, 1.807) is 14.0 Å². The molecule has 0 aromatic carbocycles. The van der Waals surface area contributed by atoms with E-state index in [4.69, 9.17) is 0 Å². The number of H-pyrrole nitrogens is 1. The van der Waals surface area contributed by atoms with Crippen LogP contribution in [0.3, 0.4) is 0 Å². The highest BCUT2D eigenvalue weighted by Gasteiger charge is 2.23. The Morgan fingerprint density at radius 2 is 2.10 bits per heavy atom. The molecule has 2 aromatic rings. The van der Waals surface area contributed by atoms with Crippen LogP contribution in [0, 0.1) is 13.8 Å². The molecule has 110 valence electrons. The lowest BCUT2D eigenvalue weighted by atomic mass is 10.4. The fraction of sp³-hybridized carbons (Fsp3) is 0.455. The van der Waals surface area contributed by atoms with Crippen LogP contribution < -0.4 is 10.0 Å². The van der Waals surface area contributed by atoms with E-state index >= 15 is 0 Å². The van der Waals surface area contributed by atoms with Crippen molar-refractivity contribution in [1.82, 2.24) is 25.2 Å². The molecule has 7 nitrogen and oxygen atoms in total. The lowest BCUT2D eigenvalue weighted by Crippen LogP contribution is -2.25. The normalized spacial score (nSPS) is 11.9. The first kappa shape index (κ1) is 15.1. The Balaban J connectivity index is 2.20. The van der Waals surface area contributed by atoms with Gasteiger partial charge in [-0.3, -0.25) is 5.10 Å². The van der Waals surface area contributed by atoms with Crippen molar-refractivity contribution >= 4 is 21.4 Å². The molecule has 9 heteroatoms. The van der Waals surface area contributed by atoms with E-state index in [-0.39, 0.29) is 11.4 Å². The number of hydrogen-bond donors (Lipinski definition) is 3. The molecule has 0 saturated carbocycles. The van der Waals surface area contributed by atoms with E-state index in [9.17, 15) is 8.42 Å². The molecule has 2 heterocycles. The quantitative estimate of drug-likeness (QED) is 0.728. The summed E-state index contributed by atoms with van der Waals surface area (Å²) in [5, 5.41) is 12.4. The number of hydrogen-bond acceptors (Lipinski definition) is 6. The van der Waals surface area contributed by atoms with Gasteiger partial charge < -0.3 is 5.32 Å². The van der Waals surface area contributed by atoms with Crippen molar-refractivity contribution in [3.63, 3.8) is 0 Å². The summed E-state index contributed by atoms with van der Waals surface area (Å²) in [6, 6.07) is 0. The van der Waals surface area contributed by atoms with Gasteiger partial charge in [0.25, 0.3) is 0 Å². The number of sulfonamides is 1. The largest absolute Gasteiger partial charge is 0.314 e. The van der Waals surface area contributed by atoms with E-state index in [1.807, 2.05) is 12.3 Å². The van der Waals surface area contributed by atoms with Crippen molar-refractivity contribution in [2.75, 3.05) is 7.05 Å². The first-order chi connectivity index (χ1) is 9.44. The predicted octanol–water partition coefficient (Wildman–Crippen LogP) is 0.681. The van der Waals surface area contributed by atoms with Crippen molar-refractivity contribution in [1.29, 1.82) is 0 Å². The molecule has 0 amide bonds. The maximum atomic E-state index is 12.4. The molecule has 0 atom stereocenters. The third kappa shape index (κ3) is 3.23. The van der Waals surface area contributed by atoms with Gasteiger partial charge in [-0.05, 0) is 20.9 Å². The van der Waals surface area contributed by atoms with Gasteiger partial charge in [0, 0.05) is 11.9 Å². The summed E-state index contributed by atoms with van der Waals surface area (Å²) in [4.78, 5) is 4.44. The smallest absolute Gasteiger partial charge is 0.244 e. The second-order valence-electron chi connectivity index (χ2n) is 4.34. The molecule has 0 radical (unpaired) electrons. The first-order valence-electron chi connectivity index (χ1n) is 6.03. The molecule has 0 spiro atoms. The highest BCUT2D eigenvalue weighted by atomic mass is 32.2. The maximum Gasteiger partial charge on any atom is 0.244 e. The molecule has 0 saturated heterocycles. The van der Waals surface area contributed by atoms with Crippen LogP contribution in [0.15, 0.2) is 10.3 Å². The monoisotopic (exact) mass is 315 g/mol. The minimum absolute atomic E-state index is 0.177. The van der Waals surface area contributed by atoms with Crippen LogP contribution in [0.5, 0.6) is 0 Å². The van der Waals surface area contributed by atoms with Gasteiger partial charge in [0.2, 0.25) is 10.0 Å². The van der Waals surface area contributed by atoms with E-state index in [2.05, 4.69) is 25.2 Å². The molecule has 2 rings (SSSR count). The fourth-order valence-electron chi connectivity index (χ4n) is 1.84. The van der Waals surface area contributed by atoms with Crippen LogP contribution in [0.25, 0.3) is 0 Å². The highest BCUT2D eigenvalue weighted by molar-refractivity contribution is 7.89. The number of thiazole rings is 1. The third-order valence-corrected chi connectivity index (χ3v) is 5.11. The van der Waals surface area contributed by atoms with E-state index < -0.39 is 10.0 Å². The number of rotatable bonds is 6. The van der Waals surface area contributed by atoms with Crippen LogP contribution in [0.2, 0.25) is 0 Å². The Bertz CT molecular complexity index is 689. The van der Waals surface area contributed by atoms with Crippen LogP contribution in [-0.4, -0.2) is 30.6 Å². The zero-order valence-electron chi connectivity index (χ0n) is 11.5. The molecule has 0 fully saturated rings. The molecule has 20 heavy (non-hydrogen) atoms. The summed E-state index contributed by atoms with van der Waals surface area (Å²) in [5.41, 5.74) is 1.72. The van der Waals surface area contributed by atoms with E-state index in [1.165, 1.54) is 11.3 Å². The molecule has 0 aliphatic rings. The average Bonchev–Trinajstić information content (AvgIpc) is 2.95. The number of nitrogens with one attached hydrogen (secondary N) is 3. The van der Waals surface area contributed by atoms with Crippen LogP contribution >= 0.6 is 11.3 Å². The lowest BCUT2D eigenvalue weighted by molar-refractivity contribution is 0.578. The number of aromatic nitrogens is 3. The van der Waals surface area contributed by atoms with Gasteiger partial charge in [-0.25, -0.2) is 18.1 Å². The van der Waals surface area contributed by atoms with Gasteiger partial charge in [0.05, 0.1) is 28.6 Å². The minimum Gasteiger partial charge on any atom is -0.314 e. The van der Waals surface area contributed by atoms with Gasteiger partial charge in [0.1, 0.15) is 4.90 Å². The molecule has 2 aromatic heterocycles. The molecule has 0 bridgehead atoms. The molecular weight excluding hydrogens is 298 g/mol. The van der Waals surface area contributed by atoms with E-state index in [0.717, 1.165) is 5.01 Å². The number of aromatic amines is 1. The van der Waals surface area contributed by atoms with Crippen LogP contribution in [0.1, 0.15) is 22.1 Å². The molecule has 0 aliphatic heterocycles. The third-order valence-electron chi connectivity index (χ3n) is 2.68. The SMILES string of the molecule is CNCc1n[nH]c(C)c1S(=O)(=O)NCc1csc(C)n1. The molecule has 0 aliphatic carbocycles. The van der Waals surface area contributed by atoms with Crippen molar-refractivity contribution in [2.24, 2.45) is 0 Å². The van der Waals surface area contributed by atoms with Crippen molar-refractivity contribution < 1.29 is 8.42 Å². The van der Waals surface area contributed by atoms with Crippen molar-refractivity contribution in [3.8, 4) is 0 Å². The summed E-state index contributed by atoms with van der Waals surface area (Å²) in [6.07, 6.45) is 0. The molecule has 0 unspecified atom stereocenters. The Labute approximate surface area is 121 Å². The van der Waals surface area contributed by atoms with Gasteiger partial charge in [-0.1, -0.05) is 0 Å². The first-order valence-corrected chi connectivity index (χ1v) is 8.39. The zero-order valence-corrected chi connectivity index (χ0v) is 13.2. The highest BCUT2D eigenvalue weighted by Crippen LogP contribution is 2.18. The summed E-state index contributed by atoms with van der Waals surface area (Å²) < 4.78 is 27.3. The minimum atomic E-state index is -3.61. The van der Waals surface area contributed by atoms with Crippen molar-refractivity contribution in [2.45, 2.75) is 31.8 Å². The Hall–Kier alpha value is -1.29. The zero-order chi connectivity index (χ0) is 14.8. The topological polar surface area (TPSA) is 99.8 Å². The second kappa shape index (κ2) is 6.00. The average molecular weight is 315 g/mol. The summed E-state index contributed by atoms with van der Waals surface area (Å²) in [5.74, 6) is 0. The molecule has 3 N–H and O–H groups in total. The molecular formula is C11H17N5O2S2. The summed E-state index contributed by atoms with van der Waals surface area (Å²) >= 11 is 1.49. The maximum absolute atomic E-state index is 12.4. The number of aryl methyl sites for hydroxylation is 2. The fourth-order valence-corrected chi connectivity index (χ4v) is 3.82. The van der Waals surface area contributed by atoms with Gasteiger partial charge >= 0.3 is 0 Å². The summed E-state index contributed by atoms with van der Waals surface area (Å²) in [6.45, 7) is 4.13. The standard InChI is InChI=1S/C11H17N5O2S2/c1-7-11(10(5-12-3)16-15-7)20(17,18)13-4-9-6-19-8(2)14-9/h6,12-13H,4-5H2,1-3H3,(H,15,16). The van der Waals surface area contributed by atoms with Gasteiger partial charge in [-0.15, -0.1) is 11.3 Å². The second-order valence-corrected chi connectivity index (χ2v) is 7.10. The Morgan fingerprint density at radius 1 is 1.35 bits per heavy atom. The summed E-state index contributed by atoms with van der Waals surface area (Å²) in [7, 11) is -1.87. The van der Waals surface area contributed by atoms with Crippen LogP contribution in [-0.2, 0) is 23.1 Å². The van der Waals surface area contributed by atoms with Gasteiger partial charge in [0.15, 0.2) is 0 Å². The Kier molecular flexibility index (Phi) is 4.53. The Morgan fingerprint density at radius 3 is 2.70 bits per heavy atom. The predicted molar refractivity (Wildman–Crippen MR) is 77.0 cm³/mol.